The predicted octanol–water partition coefficient (Wildman–Crippen LogP) is 8.75. The van der Waals surface area contributed by atoms with Crippen molar-refractivity contribution in [1.29, 1.82) is 0 Å². The van der Waals surface area contributed by atoms with Gasteiger partial charge in [0.25, 0.3) is 0 Å². The van der Waals surface area contributed by atoms with Crippen molar-refractivity contribution >= 4 is 22.8 Å². The zero-order valence-electron chi connectivity index (χ0n) is 35.2. The topological polar surface area (TPSA) is 132 Å². The second-order valence-electron chi connectivity index (χ2n) is 16.6. The van der Waals surface area contributed by atoms with E-state index in [4.69, 9.17) is 19.4 Å². The second-order valence-corrected chi connectivity index (χ2v) is 16.6. The van der Waals surface area contributed by atoms with Gasteiger partial charge in [-0.15, -0.1) is 0 Å². The van der Waals surface area contributed by atoms with E-state index in [9.17, 15) is 9.59 Å². The molecule has 8 rings (SSSR count). The molecule has 2 fully saturated rings. The molecular formula is C48H56N8O4. The monoisotopic (exact) mass is 808 g/mol. The molecule has 0 aliphatic carbocycles. The zero-order valence-corrected chi connectivity index (χ0v) is 35.2. The number of amides is 2. The second kappa shape index (κ2) is 18.2. The standard InChI is InChI=1S/C48H56N8O4/c1-31(2)41(53-48(58)59-5)29-60-30-55-23-9-13-42(55)45-49-27-39(51-45)33-17-15-32(16-18-33)35-19-20-37-26-38(22-21-36(37)25-35)40-28-50-46(52-40)43-14-10-24-56(43)47(57)44(54(3)4)34-11-7-6-8-12-34/h6-8,11-12,15-22,25-28,31,41-44H,9-10,13-14,23-24,29-30H2,1-5H3,(H,49,51)(H,50,52)(H,53,58)/t41-,42+,43+,44-/m1/s1. The Kier molecular flexibility index (Phi) is 12.4. The number of hydrogen-bond acceptors (Lipinski definition) is 8. The first-order valence-corrected chi connectivity index (χ1v) is 21.1. The number of carbonyl (C=O) groups excluding carboxylic acids is 2. The fraction of sp³-hybridized carbons (Fsp3) is 0.375. The normalized spacial score (nSPS) is 18.1. The first kappa shape index (κ1) is 40.9. The molecule has 2 aromatic heterocycles. The fourth-order valence-corrected chi connectivity index (χ4v) is 8.71. The number of methoxy groups -OCH3 is 1. The smallest absolute Gasteiger partial charge is 0.407 e. The number of imidazole rings is 2. The largest absolute Gasteiger partial charge is 0.453 e. The molecule has 2 aliphatic heterocycles. The first-order chi connectivity index (χ1) is 29.2. The van der Waals surface area contributed by atoms with Crippen molar-refractivity contribution < 1.29 is 19.1 Å². The van der Waals surface area contributed by atoms with Crippen LogP contribution in [0.3, 0.4) is 0 Å². The van der Waals surface area contributed by atoms with Gasteiger partial charge in [0.05, 0.1) is 62.4 Å². The molecule has 4 heterocycles. The van der Waals surface area contributed by atoms with Gasteiger partial charge in [0.2, 0.25) is 5.91 Å². The highest BCUT2D eigenvalue weighted by atomic mass is 16.5. The van der Waals surface area contributed by atoms with Crippen LogP contribution in [0.1, 0.15) is 74.9 Å². The number of hydrogen-bond donors (Lipinski definition) is 3. The number of ether oxygens (including phenoxy) is 2. The van der Waals surface area contributed by atoms with Crippen molar-refractivity contribution in [3.8, 4) is 33.6 Å². The molecule has 0 bridgehead atoms. The van der Waals surface area contributed by atoms with Crippen molar-refractivity contribution in [2.45, 2.75) is 63.7 Å². The van der Waals surface area contributed by atoms with Crippen LogP contribution in [-0.2, 0) is 14.3 Å². The summed E-state index contributed by atoms with van der Waals surface area (Å²) in [5.74, 6) is 2.10. The Morgan fingerprint density at radius 1 is 0.783 bits per heavy atom. The Morgan fingerprint density at radius 2 is 1.38 bits per heavy atom. The number of fused-ring (bicyclic) bond motifs is 1. The van der Waals surface area contributed by atoms with E-state index in [1.165, 1.54) is 7.11 Å². The molecule has 6 aromatic rings. The number of alkyl carbamates (subject to hydrolysis) is 1. The van der Waals surface area contributed by atoms with Gasteiger partial charge < -0.3 is 29.7 Å². The van der Waals surface area contributed by atoms with Crippen LogP contribution >= 0.6 is 0 Å². The molecule has 312 valence electrons. The van der Waals surface area contributed by atoms with Gasteiger partial charge in [-0.05, 0) is 90.9 Å². The van der Waals surface area contributed by atoms with Crippen molar-refractivity contribution in [2.24, 2.45) is 5.92 Å². The van der Waals surface area contributed by atoms with Crippen LogP contribution < -0.4 is 5.32 Å². The summed E-state index contributed by atoms with van der Waals surface area (Å²) in [6.07, 6.45) is 7.28. The Hall–Kier alpha value is -5.82. The summed E-state index contributed by atoms with van der Waals surface area (Å²) in [6, 6.07) is 31.3. The Balaban J connectivity index is 0.906. The van der Waals surface area contributed by atoms with E-state index in [1.54, 1.807) is 0 Å². The lowest BCUT2D eigenvalue weighted by molar-refractivity contribution is -0.137. The van der Waals surface area contributed by atoms with Gasteiger partial charge >= 0.3 is 6.09 Å². The summed E-state index contributed by atoms with van der Waals surface area (Å²) in [5, 5.41) is 5.17. The Bertz CT molecular complexity index is 2390. The number of aromatic nitrogens is 4. The van der Waals surface area contributed by atoms with E-state index >= 15 is 0 Å². The average molecular weight is 809 g/mol. The Morgan fingerprint density at radius 3 is 2.07 bits per heavy atom. The number of nitrogens with one attached hydrogen (secondary N) is 3. The molecule has 4 atom stereocenters. The van der Waals surface area contributed by atoms with E-state index in [0.29, 0.717) is 13.3 Å². The highest BCUT2D eigenvalue weighted by Crippen LogP contribution is 2.36. The summed E-state index contributed by atoms with van der Waals surface area (Å²) >= 11 is 0. The summed E-state index contributed by atoms with van der Waals surface area (Å²) in [6.45, 7) is 6.64. The fourth-order valence-electron chi connectivity index (χ4n) is 8.71. The number of carbonyl (C=O) groups is 2. The molecule has 12 nitrogen and oxygen atoms in total. The summed E-state index contributed by atoms with van der Waals surface area (Å²) in [5.41, 5.74) is 7.35. The molecule has 0 spiro atoms. The molecule has 4 aromatic carbocycles. The van der Waals surface area contributed by atoms with E-state index in [0.717, 1.165) is 100 Å². The molecular weight excluding hydrogens is 753 g/mol. The number of aromatic amines is 2. The summed E-state index contributed by atoms with van der Waals surface area (Å²) < 4.78 is 10.9. The molecule has 12 heteroatoms. The third-order valence-electron chi connectivity index (χ3n) is 12.1. The van der Waals surface area contributed by atoms with Crippen molar-refractivity contribution in [3.63, 3.8) is 0 Å². The van der Waals surface area contributed by atoms with Crippen molar-refractivity contribution in [1.82, 2.24) is 40.0 Å². The van der Waals surface area contributed by atoms with Crippen LogP contribution in [0.2, 0.25) is 0 Å². The molecule has 2 saturated heterocycles. The van der Waals surface area contributed by atoms with Crippen LogP contribution in [-0.4, -0.2) is 100 Å². The highest BCUT2D eigenvalue weighted by molar-refractivity contribution is 5.90. The van der Waals surface area contributed by atoms with E-state index in [-0.39, 0.29) is 36.0 Å². The lowest BCUT2D eigenvalue weighted by Crippen LogP contribution is -2.42. The zero-order chi connectivity index (χ0) is 41.8. The molecule has 3 N–H and O–H groups in total. The van der Waals surface area contributed by atoms with E-state index in [2.05, 4.69) is 94.7 Å². The van der Waals surface area contributed by atoms with Crippen LogP contribution in [0.4, 0.5) is 4.79 Å². The van der Waals surface area contributed by atoms with Crippen LogP contribution in [0, 0.1) is 5.92 Å². The minimum Gasteiger partial charge on any atom is -0.453 e. The molecule has 60 heavy (non-hydrogen) atoms. The maximum absolute atomic E-state index is 14.0. The van der Waals surface area contributed by atoms with Crippen LogP contribution in [0.15, 0.2) is 103 Å². The summed E-state index contributed by atoms with van der Waals surface area (Å²) in [7, 11) is 5.30. The maximum atomic E-state index is 14.0. The minimum atomic E-state index is -0.443. The molecule has 0 unspecified atom stereocenters. The SMILES string of the molecule is COC(=O)N[C@H](COCN1CCC[C@H]1c1ncc(-c2ccc(-c3ccc4cc(-c5cnc([C@@H]6CCCN6C(=O)[C@@H](c6ccccc6)N(C)C)[nH]5)ccc4c3)cc2)[nH]1)C(C)C. The lowest BCUT2D eigenvalue weighted by Gasteiger charge is -2.31. The van der Waals surface area contributed by atoms with Gasteiger partial charge in [0.1, 0.15) is 17.7 Å². The maximum Gasteiger partial charge on any atom is 0.407 e. The number of likely N-dealkylation sites (tertiary alicyclic amines) is 2. The summed E-state index contributed by atoms with van der Waals surface area (Å²) in [4.78, 5) is 48.8. The average Bonchev–Trinajstić information content (AvgIpc) is 4.11. The number of likely N-dealkylation sites (N-methyl/N-ethyl adjacent to an activating group) is 1. The third kappa shape index (κ3) is 8.86. The lowest BCUT2D eigenvalue weighted by atomic mass is 9.98. The van der Waals surface area contributed by atoms with Crippen molar-refractivity contribution in [3.05, 3.63) is 121 Å². The van der Waals surface area contributed by atoms with Crippen LogP contribution in [0.5, 0.6) is 0 Å². The highest BCUT2D eigenvalue weighted by Gasteiger charge is 2.37. The van der Waals surface area contributed by atoms with Crippen molar-refractivity contribution in [2.75, 3.05) is 47.6 Å². The number of rotatable bonds is 14. The van der Waals surface area contributed by atoms with E-state index < -0.39 is 6.09 Å². The molecule has 0 saturated carbocycles. The van der Waals surface area contributed by atoms with Gasteiger partial charge in [-0.3, -0.25) is 14.6 Å². The molecule has 2 aliphatic rings. The van der Waals surface area contributed by atoms with Gasteiger partial charge in [-0.1, -0.05) is 92.7 Å². The van der Waals surface area contributed by atoms with Gasteiger partial charge in [-0.25, -0.2) is 14.8 Å². The first-order valence-electron chi connectivity index (χ1n) is 21.1. The quantitative estimate of drug-likeness (QED) is 0.0996. The third-order valence-corrected chi connectivity index (χ3v) is 12.1. The van der Waals surface area contributed by atoms with E-state index in [1.807, 2.05) is 66.6 Å². The van der Waals surface area contributed by atoms with Crippen LogP contribution in [0.25, 0.3) is 44.4 Å². The molecule has 0 radical (unpaired) electrons. The molecule has 2 amide bonds. The Labute approximate surface area is 352 Å². The van der Waals surface area contributed by atoms with Gasteiger partial charge in [-0.2, -0.15) is 0 Å². The minimum absolute atomic E-state index is 0.0850. The van der Waals surface area contributed by atoms with Gasteiger partial charge in [0.15, 0.2) is 0 Å². The number of benzene rings is 4. The van der Waals surface area contributed by atoms with Gasteiger partial charge in [0, 0.05) is 18.7 Å². The number of H-pyrrole nitrogens is 2. The predicted molar refractivity (Wildman–Crippen MR) is 235 cm³/mol. The number of nitrogens with zero attached hydrogens (tertiary/aromatic N) is 5.